The number of nitro groups is 1. The number of carbonyl (C=O) groups is 2. The number of rotatable bonds is 7. The quantitative estimate of drug-likeness (QED) is 0.338. The predicted molar refractivity (Wildman–Crippen MR) is 116 cm³/mol. The zero-order valence-corrected chi connectivity index (χ0v) is 18.9. The largest absolute Gasteiger partial charge is 0.455 e. The first kappa shape index (κ1) is 25.5. The van der Waals surface area contributed by atoms with Crippen LogP contribution >= 0.6 is 11.6 Å². The molecule has 1 fully saturated rings. The number of benzene rings is 2. The minimum Gasteiger partial charge on any atom is -0.455 e. The van der Waals surface area contributed by atoms with E-state index in [-0.39, 0.29) is 36.6 Å². The van der Waals surface area contributed by atoms with E-state index < -0.39 is 61.6 Å². The highest BCUT2D eigenvalue weighted by molar-refractivity contribution is 7.89. The summed E-state index contributed by atoms with van der Waals surface area (Å²) in [6, 6.07) is 5.65. The molecular weight excluding hydrogens is 500 g/mol. The van der Waals surface area contributed by atoms with E-state index in [9.17, 15) is 36.9 Å². The second-order valence-electron chi connectivity index (χ2n) is 7.33. The number of ether oxygens (including phenoxy) is 1. The van der Waals surface area contributed by atoms with Crippen LogP contribution in [-0.2, 0) is 24.3 Å². The Kier molecular flexibility index (Phi) is 7.79. The number of sulfonamides is 1. The lowest BCUT2D eigenvalue weighted by Crippen LogP contribution is -2.41. The molecule has 0 unspecified atom stereocenters. The third-order valence-electron chi connectivity index (χ3n) is 5.08. The van der Waals surface area contributed by atoms with E-state index in [2.05, 4.69) is 5.32 Å². The molecule has 14 heteroatoms. The van der Waals surface area contributed by atoms with Gasteiger partial charge >= 0.3 is 5.97 Å². The van der Waals surface area contributed by atoms with Gasteiger partial charge < -0.3 is 10.1 Å². The van der Waals surface area contributed by atoms with Gasteiger partial charge in [-0.1, -0.05) is 11.6 Å². The lowest BCUT2D eigenvalue weighted by Gasteiger charge is -2.30. The molecule has 1 heterocycles. The van der Waals surface area contributed by atoms with E-state index in [0.717, 1.165) is 34.6 Å². The van der Waals surface area contributed by atoms with Crippen LogP contribution in [0.2, 0.25) is 5.02 Å². The van der Waals surface area contributed by atoms with Gasteiger partial charge in [0.2, 0.25) is 10.0 Å². The Morgan fingerprint density at radius 2 is 1.85 bits per heavy atom. The van der Waals surface area contributed by atoms with Crippen molar-refractivity contribution in [1.82, 2.24) is 4.31 Å². The topological polar surface area (TPSA) is 136 Å². The molecule has 0 aromatic heterocycles. The molecule has 2 aromatic rings. The fourth-order valence-corrected chi connectivity index (χ4v) is 5.27. The first-order valence-corrected chi connectivity index (χ1v) is 11.7. The number of carbonyl (C=O) groups excluding carboxylic acids is 2. The Morgan fingerprint density at radius 1 is 1.18 bits per heavy atom. The maximum absolute atomic E-state index is 13.6. The number of anilines is 1. The van der Waals surface area contributed by atoms with Gasteiger partial charge in [0.25, 0.3) is 11.6 Å². The molecule has 0 saturated carbocycles. The van der Waals surface area contributed by atoms with Crippen LogP contribution < -0.4 is 5.32 Å². The van der Waals surface area contributed by atoms with Crippen LogP contribution in [0.3, 0.4) is 0 Å². The summed E-state index contributed by atoms with van der Waals surface area (Å²) >= 11 is 5.95. The smallest absolute Gasteiger partial charge is 0.309 e. The summed E-state index contributed by atoms with van der Waals surface area (Å²) in [6.45, 7) is -0.861. The third kappa shape index (κ3) is 5.85. The van der Waals surface area contributed by atoms with Gasteiger partial charge in [0.1, 0.15) is 16.5 Å². The Hall–Kier alpha value is -3.16. The second kappa shape index (κ2) is 10.4. The van der Waals surface area contributed by atoms with Crippen LogP contribution in [-0.4, -0.2) is 49.2 Å². The van der Waals surface area contributed by atoms with Crippen LogP contribution in [0.4, 0.5) is 20.2 Å². The van der Waals surface area contributed by atoms with Crippen molar-refractivity contribution >= 4 is 44.9 Å². The van der Waals surface area contributed by atoms with E-state index >= 15 is 0 Å². The third-order valence-corrected chi connectivity index (χ3v) is 7.46. The molecule has 0 aliphatic carbocycles. The maximum Gasteiger partial charge on any atom is 0.309 e. The number of non-ortho nitro benzene ring substituents is 1. The van der Waals surface area contributed by atoms with E-state index in [0.29, 0.717) is 6.07 Å². The molecule has 0 bridgehead atoms. The van der Waals surface area contributed by atoms with Crippen molar-refractivity contribution in [3.63, 3.8) is 0 Å². The number of nitrogens with zero attached hydrogens (tertiary/aromatic N) is 2. The van der Waals surface area contributed by atoms with Crippen LogP contribution in [0.15, 0.2) is 41.3 Å². The van der Waals surface area contributed by atoms with Crippen molar-refractivity contribution in [3.8, 4) is 0 Å². The first-order valence-electron chi connectivity index (χ1n) is 9.84. The van der Waals surface area contributed by atoms with E-state index in [1.807, 2.05) is 0 Å². The fraction of sp³-hybridized carbons (Fsp3) is 0.300. The van der Waals surface area contributed by atoms with Gasteiger partial charge in [-0.25, -0.2) is 17.2 Å². The number of hydrogen-bond donors (Lipinski definition) is 1. The Morgan fingerprint density at radius 3 is 2.47 bits per heavy atom. The lowest BCUT2D eigenvalue weighted by atomic mass is 9.98. The van der Waals surface area contributed by atoms with E-state index in [1.165, 1.54) is 0 Å². The highest BCUT2D eigenvalue weighted by Crippen LogP contribution is 2.31. The van der Waals surface area contributed by atoms with Crippen molar-refractivity contribution in [2.45, 2.75) is 17.7 Å². The first-order chi connectivity index (χ1) is 16.0. The number of halogens is 3. The van der Waals surface area contributed by atoms with Crippen molar-refractivity contribution < 1.29 is 36.4 Å². The summed E-state index contributed by atoms with van der Waals surface area (Å²) in [4.78, 5) is 34.0. The van der Waals surface area contributed by atoms with Gasteiger partial charge in [-0.05, 0) is 31.0 Å². The molecule has 3 rings (SSSR count). The number of esters is 1. The highest BCUT2D eigenvalue weighted by Gasteiger charge is 2.34. The van der Waals surface area contributed by atoms with Crippen molar-refractivity contribution in [1.29, 1.82) is 0 Å². The minimum absolute atomic E-state index is 0.0753. The summed E-state index contributed by atoms with van der Waals surface area (Å²) < 4.78 is 58.3. The maximum atomic E-state index is 13.6. The molecule has 1 amide bonds. The molecule has 1 aliphatic rings. The fourth-order valence-electron chi connectivity index (χ4n) is 3.31. The van der Waals surface area contributed by atoms with Crippen molar-refractivity contribution in [3.05, 3.63) is 63.2 Å². The normalized spacial score (nSPS) is 15.0. The number of nitrogens with one attached hydrogen (secondary N) is 1. The average molecular weight is 518 g/mol. The van der Waals surface area contributed by atoms with Gasteiger partial charge in [-0.2, -0.15) is 4.31 Å². The highest BCUT2D eigenvalue weighted by atomic mass is 35.5. The standard InChI is InChI=1S/C20H18ClF2N3O7S/c21-15-3-2-14(26(29)30)10-18(15)34(31,32)25-7-5-12(6-8-25)20(28)33-11-19(27)24-17-4-1-13(22)9-16(17)23/h1-4,9-10,12H,5-8,11H2,(H,24,27). The minimum atomic E-state index is -4.15. The van der Waals surface area contributed by atoms with Crippen LogP contribution in [0.5, 0.6) is 0 Å². The summed E-state index contributed by atoms with van der Waals surface area (Å²) in [6.07, 6.45) is 0.164. The molecule has 34 heavy (non-hydrogen) atoms. The molecule has 1 saturated heterocycles. The van der Waals surface area contributed by atoms with E-state index in [4.69, 9.17) is 16.3 Å². The summed E-state index contributed by atoms with van der Waals surface area (Å²) in [5.41, 5.74) is -0.707. The van der Waals surface area contributed by atoms with Gasteiger partial charge in [0.05, 0.1) is 21.6 Å². The lowest BCUT2D eigenvalue weighted by molar-refractivity contribution is -0.385. The average Bonchev–Trinajstić information content (AvgIpc) is 2.79. The monoisotopic (exact) mass is 517 g/mol. The Balaban J connectivity index is 1.55. The molecule has 10 nitrogen and oxygen atoms in total. The summed E-state index contributed by atoms with van der Waals surface area (Å²) in [5.74, 6) is -4.07. The van der Waals surface area contributed by atoms with Crippen LogP contribution in [0.1, 0.15) is 12.8 Å². The van der Waals surface area contributed by atoms with Gasteiger partial charge in [-0.3, -0.25) is 19.7 Å². The number of hydrogen-bond acceptors (Lipinski definition) is 7. The molecule has 1 N–H and O–H groups in total. The molecular formula is C20H18ClF2N3O7S. The van der Waals surface area contributed by atoms with Crippen LogP contribution in [0.25, 0.3) is 0 Å². The van der Waals surface area contributed by atoms with Gasteiger partial charge in [-0.15, -0.1) is 0 Å². The summed E-state index contributed by atoms with van der Waals surface area (Å²) in [5, 5.41) is 13.0. The Bertz CT molecular complexity index is 1230. The van der Waals surface area contributed by atoms with Crippen LogP contribution in [0, 0.1) is 27.7 Å². The number of nitro benzene ring substituents is 1. The molecule has 182 valence electrons. The van der Waals surface area contributed by atoms with Gasteiger partial charge in [0.15, 0.2) is 6.61 Å². The van der Waals surface area contributed by atoms with E-state index in [1.54, 1.807) is 0 Å². The van der Waals surface area contributed by atoms with Crippen molar-refractivity contribution in [2.75, 3.05) is 25.0 Å². The molecule has 1 aliphatic heterocycles. The molecule has 0 spiro atoms. The predicted octanol–water partition coefficient (Wildman–Crippen LogP) is 3.11. The number of piperidine rings is 1. The SMILES string of the molecule is O=C(COC(=O)C1CCN(S(=O)(=O)c2cc([N+](=O)[O-])ccc2Cl)CC1)Nc1ccc(F)cc1F. The van der Waals surface area contributed by atoms with Crippen molar-refractivity contribution in [2.24, 2.45) is 5.92 Å². The Labute approximate surface area is 197 Å². The zero-order valence-electron chi connectivity index (χ0n) is 17.4. The second-order valence-corrected chi connectivity index (χ2v) is 9.64. The van der Waals surface area contributed by atoms with Gasteiger partial charge in [0, 0.05) is 31.3 Å². The molecule has 2 aromatic carbocycles. The zero-order chi connectivity index (χ0) is 25.0. The summed E-state index contributed by atoms with van der Waals surface area (Å²) in [7, 11) is -4.15. The molecule has 0 radical (unpaired) electrons. The molecule has 0 atom stereocenters. The number of amides is 1.